The number of rotatable bonds is 3. The third-order valence-corrected chi connectivity index (χ3v) is 11.0. The number of hydrogen-bond donors (Lipinski definition) is 0. The lowest BCUT2D eigenvalue weighted by atomic mass is 9.85. The van der Waals surface area contributed by atoms with Gasteiger partial charge in [-0.1, -0.05) is 146 Å². The molecule has 10 aromatic rings. The maximum atomic E-state index is 2.37. The van der Waals surface area contributed by atoms with Gasteiger partial charge in [0.05, 0.1) is 0 Å². The van der Waals surface area contributed by atoms with Crippen LogP contribution in [-0.2, 0) is 0 Å². The molecule has 0 bridgehead atoms. The molecule has 0 spiro atoms. The molecule has 0 amide bonds. The smallest absolute Gasteiger partial charge is 0.0355 e. The summed E-state index contributed by atoms with van der Waals surface area (Å²) in [5.41, 5.74) is 7.56. The van der Waals surface area contributed by atoms with Gasteiger partial charge in [-0.2, -0.15) is 0 Å². The van der Waals surface area contributed by atoms with Gasteiger partial charge >= 0.3 is 0 Å². The van der Waals surface area contributed by atoms with Gasteiger partial charge in [-0.3, -0.25) is 0 Å². The summed E-state index contributed by atoms with van der Waals surface area (Å²) in [7, 11) is 0. The van der Waals surface area contributed by atoms with Crippen LogP contribution in [0.25, 0.3) is 96.6 Å². The number of hydrogen-bond acceptors (Lipinski definition) is 1. The zero-order chi connectivity index (χ0) is 30.9. The van der Waals surface area contributed by atoms with Crippen LogP contribution in [0.5, 0.6) is 0 Å². The molecule has 218 valence electrons. The molecule has 1 aromatic heterocycles. The number of benzene rings is 9. The van der Waals surface area contributed by atoms with Crippen molar-refractivity contribution in [3.05, 3.63) is 170 Å². The van der Waals surface area contributed by atoms with E-state index >= 15 is 0 Å². The van der Waals surface area contributed by atoms with Gasteiger partial charge in [-0.15, -0.1) is 11.3 Å². The SMILES string of the molecule is c1ccc2c(c1)ccc1cc(-c3c4ccccc4c(-c4ccc(-c5ccc6sc7ccccc7c6c5)cc4)c4ccccc34)ccc12. The quantitative estimate of drug-likeness (QED) is 0.138. The molecule has 0 N–H and O–H groups in total. The Kier molecular flexibility index (Phi) is 5.85. The second-order valence-electron chi connectivity index (χ2n) is 12.5. The van der Waals surface area contributed by atoms with Gasteiger partial charge in [-0.05, 0) is 101 Å². The van der Waals surface area contributed by atoms with Crippen molar-refractivity contribution in [2.45, 2.75) is 0 Å². The first-order valence-corrected chi connectivity index (χ1v) is 17.0. The minimum Gasteiger partial charge on any atom is -0.135 e. The summed E-state index contributed by atoms with van der Waals surface area (Å²) in [5, 5.41) is 12.9. The zero-order valence-electron chi connectivity index (χ0n) is 25.6. The van der Waals surface area contributed by atoms with Crippen LogP contribution in [0.4, 0.5) is 0 Å². The highest BCUT2D eigenvalue weighted by molar-refractivity contribution is 7.25. The number of fused-ring (bicyclic) bond motifs is 8. The van der Waals surface area contributed by atoms with Gasteiger partial charge in [0.1, 0.15) is 0 Å². The first-order chi connectivity index (χ1) is 23.3. The summed E-state index contributed by atoms with van der Waals surface area (Å²) in [6, 6.07) is 62.8. The summed E-state index contributed by atoms with van der Waals surface area (Å²) in [5.74, 6) is 0. The minimum absolute atomic E-state index is 1.24. The van der Waals surface area contributed by atoms with Gasteiger partial charge in [0, 0.05) is 20.2 Å². The van der Waals surface area contributed by atoms with Crippen molar-refractivity contribution in [3.8, 4) is 33.4 Å². The van der Waals surface area contributed by atoms with Crippen molar-refractivity contribution in [1.29, 1.82) is 0 Å². The topological polar surface area (TPSA) is 0 Å². The summed E-state index contributed by atoms with van der Waals surface area (Å²) in [6.07, 6.45) is 0. The summed E-state index contributed by atoms with van der Waals surface area (Å²) < 4.78 is 2.68. The lowest BCUT2D eigenvalue weighted by Gasteiger charge is -2.18. The molecule has 0 saturated heterocycles. The normalized spacial score (nSPS) is 11.8. The average molecular weight is 613 g/mol. The van der Waals surface area contributed by atoms with E-state index in [4.69, 9.17) is 0 Å². The molecule has 0 aliphatic heterocycles. The van der Waals surface area contributed by atoms with Crippen molar-refractivity contribution in [1.82, 2.24) is 0 Å². The predicted molar refractivity (Wildman–Crippen MR) is 206 cm³/mol. The Balaban J connectivity index is 1.14. The fraction of sp³-hybridized carbons (Fsp3) is 0. The Hall–Kier alpha value is -5.76. The van der Waals surface area contributed by atoms with E-state index in [0.29, 0.717) is 0 Å². The van der Waals surface area contributed by atoms with Gasteiger partial charge in [0.25, 0.3) is 0 Å². The van der Waals surface area contributed by atoms with E-state index in [0.717, 1.165) is 0 Å². The van der Waals surface area contributed by atoms with Crippen molar-refractivity contribution in [3.63, 3.8) is 0 Å². The fourth-order valence-corrected chi connectivity index (χ4v) is 8.74. The molecule has 10 rings (SSSR count). The van der Waals surface area contributed by atoms with E-state index < -0.39 is 0 Å². The first-order valence-electron chi connectivity index (χ1n) is 16.2. The second-order valence-corrected chi connectivity index (χ2v) is 13.5. The molecule has 0 aliphatic carbocycles. The summed E-state index contributed by atoms with van der Waals surface area (Å²) in [4.78, 5) is 0. The molecule has 1 heteroatoms. The van der Waals surface area contributed by atoms with Gasteiger partial charge in [-0.25, -0.2) is 0 Å². The fourth-order valence-electron chi connectivity index (χ4n) is 7.65. The van der Waals surface area contributed by atoms with Crippen LogP contribution in [0.3, 0.4) is 0 Å². The van der Waals surface area contributed by atoms with Gasteiger partial charge < -0.3 is 0 Å². The largest absolute Gasteiger partial charge is 0.135 e. The lowest BCUT2D eigenvalue weighted by molar-refractivity contribution is 1.63. The van der Waals surface area contributed by atoms with E-state index in [-0.39, 0.29) is 0 Å². The molecule has 47 heavy (non-hydrogen) atoms. The highest BCUT2D eigenvalue weighted by Crippen LogP contribution is 2.45. The van der Waals surface area contributed by atoms with Crippen LogP contribution in [-0.4, -0.2) is 0 Å². The monoisotopic (exact) mass is 612 g/mol. The minimum atomic E-state index is 1.24. The van der Waals surface area contributed by atoms with Crippen molar-refractivity contribution in [2.75, 3.05) is 0 Å². The summed E-state index contributed by atoms with van der Waals surface area (Å²) in [6.45, 7) is 0. The van der Waals surface area contributed by atoms with E-state index in [9.17, 15) is 0 Å². The van der Waals surface area contributed by atoms with Crippen LogP contribution in [0.1, 0.15) is 0 Å². The third-order valence-electron chi connectivity index (χ3n) is 9.85. The van der Waals surface area contributed by atoms with E-state index in [1.54, 1.807) is 0 Å². The van der Waals surface area contributed by atoms with Crippen molar-refractivity contribution >= 4 is 74.6 Å². The molecule has 0 nitrogen and oxygen atoms in total. The molecule has 0 saturated carbocycles. The molecule has 9 aromatic carbocycles. The highest BCUT2D eigenvalue weighted by atomic mass is 32.1. The Morgan fingerprint density at radius 3 is 1.47 bits per heavy atom. The average Bonchev–Trinajstić information content (AvgIpc) is 3.51. The maximum absolute atomic E-state index is 2.37. The molecular weight excluding hydrogens is 585 g/mol. The third kappa shape index (κ3) is 4.14. The predicted octanol–water partition coefficient (Wildman–Crippen LogP) is 13.7. The molecule has 0 fully saturated rings. The number of thiophene rings is 1. The Bertz CT molecular complexity index is 2780. The highest BCUT2D eigenvalue weighted by Gasteiger charge is 2.17. The van der Waals surface area contributed by atoms with Crippen LogP contribution in [0, 0.1) is 0 Å². The van der Waals surface area contributed by atoms with Gasteiger partial charge in [0.2, 0.25) is 0 Å². The molecular formula is C46H28S. The molecule has 0 atom stereocenters. The summed E-state index contributed by atoms with van der Waals surface area (Å²) >= 11 is 1.87. The Morgan fingerprint density at radius 1 is 0.255 bits per heavy atom. The molecule has 0 unspecified atom stereocenters. The van der Waals surface area contributed by atoms with Crippen molar-refractivity contribution in [2.24, 2.45) is 0 Å². The molecule has 1 heterocycles. The van der Waals surface area contributed by atoms with Crippen LogP contribution >= 0.6 is 11.3 Å². The van der Waals surface area contributed by atoms with Crippen LogP contribution in [0.15, 0.2) is 170 Å². The zero-order valence-corrected chi connectivity index (χ0v) is 26.4. The van der Waals surface area contributed by atoms with Crippen LogP contribution < -0.4 is 0 Å². The van der Waals surface area contributed by atoms with Crippen molar-refractivity contribution < 1.29 is 0 Å². The molecule has 0 aliphatic rings. The second kappa shape index (κ2) is 10.4. The molecule has 0 radical (unpaired) electrons. The maximum Gasteiger partial charge on any atom is 0.0355 e. The standard InChI is InChI=1S/C46H28S/c1-2-10-35-30(9-1)19-22-33-27-34(23-25-36(33)35)46-40-14-5-3-12-38(40)45(39-13-4-6-15-41(39)46)31-20-17-29(18-21-31)32-24-26-44-42(28-32)37-11-7-8-16-43(37)47-44/h1-28H. The lowest BCUT2D eigenvalue weighted by Crippen LogP contribution is -1.91. The first kappa shape index (κ1) is 26.5. The Labute approximate surface area is 276 Å². The van der Waals surface area contributed by atoms with Gasteiger partial charge in [0.15, 0.2) is 0 Å². The van der Waals surface area contributed by atoms with E-state index in [1.165, 1.54) is 96.6 Å². The van der Waals surface area contributed by atoms with Crippen LogP contribution in [0.2, 0.25) is 0 Å². The van der Waals surface area contributed by atoms with E-state index in [2.05, 4.69) is 170 Å². The Morgan fingerprint density at radius 2 is 0.745 bits per heavy atom. The van der Waals surface area contributed by atoms with E-state index in [1.807, 2.05) is 11.3 Å².